The molecule has 2 rings (SSSR count). The van der Waals surface area contributed by atoms with Crippen LogP contribution in [0.25, 0.3) is 0 Å². The van der Waals surface area contributed by atoms with Crippen LogP contribution in [0.2, 0.25) is 0 Å². The second-order valence-corrected chi connectivity index (χ2v) is 2.98. The third-order valence-corrected chi connectivity index (χ3v) is 1.93. The zero-order valence-corrected chi connectivity index (χ0v) is 9.94. The van der Waals surface area contributed by atoms with Gasteiger partial charge in [0.1, 0.15) is 5.76 Å². The predicted molar refractivity (Wildman–Crippen MR) is 60.7 cm³/mol. The Morgan fingerprint density at radius 2 is 1.73 bits per heavy atom. The molecule has 82 valence electrons. The van der Waals surface area contributed by atoms with E-state index in [9.17, 15) is 0 Å². The molecule has 3 heteroatoms. The Morgan fingerprint density at radius 3 is 2.07 bits per heavy atom. The first-order valence-electron chi connectivity index (χ1n) is 4.34. The van der Waals surface area contributed by atoms with E-state index >= 15 is 0 Å². The monoisotopic (exact) mass is 263 g/mol. The van der Waals surface area contributed by atoms with Crippen molar-refractivity contribution in [3.8, 4) is 0 Å². The molecule has 1 aromatic carbocycles. The molecule has 0 saturated heterocycles. The van der Waals surface area contributed by atoms with Crippen LogP contribution in [0.4, 0.5) is 0 Å². The van der Waals surface area contributed by atoms with Crippen LogP contribution in [-0.2, 0) is 17.1 Å². The van der Waals surface area contributed by atoms with Crippen LogP contribution in [-0.4, -0.2) is 11.0 Å². The summed E-state index contributed by atoms with van der Waals surface area (Å²) in [6.45, 7) is 0. The van der Waals surface area contributed by atoms with Crippen LogP contribution < -0.4 is 0 Å². The van der Waals surface area contributed by atoms with Crippen LogP contribution >= 0.6 is 11.6 Å². The number of allylic oxidation sites excluding steroid dienone is 6. The van der Waals surface area contributed by atoms with Crippen LogP contribution in [0.1, 0.15) is 0 Å². The topological polar surface area (TPSA) is 20.2 Å². The molecule has 1 aromatic rings. The molecule has 0 heterocycles. The standard InChI is InChI=1S/C7H7ClO.C5H5.Fe/c8-5-7(9)6-3-1-2-4-6;1-2-4-5-3-1;/h1-4,9H,5H2;1-5H;/q;-1;. The van der Waals surface area contributed by atoms with Gasteiger partial charge in [-0.3, -0.25) is 0 Å². The van der Waals surface area contributed by atoms with Gasteiger partial charge >= 0.3 is 0 Å². The number of halogens is 1. The van der Waals surface area contributed by atoms with Gasteiger partial charge in [0.15, 0.2) is 0 Å². The van der Waals surface area contributed by atoms with Crippen molar-refractivity contribution >= 4 is 11.6 Å². The maximum absolute atomic E-state index is 9.00. The zero-order chi connectivity index (χ0) is 10.2. The Morgan fingerprint density at radius 1 is 1.20 bits per heavy atom. The minimum Gasteiger partial charge on any atom is -0.510 e. The van der Waals surface area contributed by atoms with Crippen LogP contribution in [0.15, 0.2) is 66.0 Å². The fourth-order valence-corrected chi connectivity index (χ4v) is 1.12. The number of aliphatic hydroxyl groups excluding tert-OH is 1. The van der Waals surface area contributed by atoms with Gasteiger partial charge in [0.2, 0.25) is 0 Å². The normalized spacial score (nSPS) is 11.7. The molecule has 1 nitrogen and oxygen atoms in total. The molecule has 0 spiro atoms. The van der Waals surface area contributed by atoms with Crippen molar-refractivity contribution in [3.63, 3.8) is 0 Å². The van der Waals surface area contributed by atoms with Gasteiger partial charge < -0.3 is 5.11 Å². The fraction of sp³-hybridized carbons (Fsp3) is 0.0833. The third kappa shape index (κ3) is 5.58. The van der Waals surface area contributed by atoms with Gasteiger partial charge in [-0.1, -0.05) is 24.3 Å². The summed E-state index contributed by atoms with van der Waals surface area (Å²) in [5.41, 5.74) is 0.810. The van der Waals surface area contributed by atoms with E-state index in [1.807, 2.05) is 54.6 Å². The average molecular weight is 264 g/mol. The van der Waals surface area contributed by atoms with E-state index in [-0.39, 0.29) is 28.7 Å². The van der Waals surface area contributed by atoms with E-state index in [0.29, 0.717) is 0 Å². The van der Waals surface area contributed by atoms with E-state index in [1.165, 1.54) is 0 Å². The number of hydrogen-bond acceptors (Lipinski definition) is 1. The molecule has 1 aliphatic carbocycles. The van der Waals surface area contributed by atoms with Gasteiger partial charge in [0.05, 0.1) is 5.88 Å². The van der Waals surface area contributed by atoms with Crippen molar-refractivity contribution in [2.24, 2.45) is 0 Å². The second kappa shape index (κ2) is 8.48. The first-order valence-corrected chi connectivity index (χ1v) is 4.87. The third-order valence-electron chi connectivity index (χ3n) is 1.68. The number of aliphatic hydroxyl groups is 1. The van der Waals surface area contributed by atoms with Gasteiger partial charge in [-0.15, -0.1) is 11.6 Å². The summed E-state index contributed by atoms with van der Waals surface area (Å²) in [5.74, 6) is 0.422. The maximum Gasteiger partial charge on any atom is 0.114 e. The fourth-order valence-electron chi connectivity index (χ4n) is 0.964. The summed E-state index contributed by atoms with van der Waals surface area (Å²) in [6, 6.07) is 10.0. The first-order chi connectivity index (χ1) is 6.84. The summed E-state index contributed by atoms with van der Waals surface area (Å²) in [5, 5.41) is 9.00. The Kier molecular flexibility index (Phi) is 8.02. The molecule has 0 unspecified atom stereocenters. The number of alkyl halides is 1. The van der Waals surface area contributed by atoms with E-state index in [4.69, 9.17) is 16.7 Å². The molecule has 0 fully saturated rings. The first kappa shape index (κ1) is 14.2. The Hall–Kier alpha value is -0.821. The van der Waals surface area contributed by atoms with Crippen molar-refractivity contribution < 1.29 is 22.2 Å². The quantitative estimate of drug-likeness (QED) is 0.355. The summed E-state index contributed by atoms with van der Waals surface area (Å²) in [4.78, 5) is 0. The molecule has 0 saturated carbocycles. The van der Waals surface area contributed by atoms with Gasteiger partial charge in [-0.25, -0.2) is 12.1 Å². The Labute approximate surface area is 106 Å². The minimum absolute atomic E-state index is 0. The molecule has 15 heavy (non-hydrogen) atoms. The minimum atomic E-state index is 0. The molecule has 0 amide bonds. The average Bonchev–Trinajstić information content (AvgIpc) is 2.91. The van der Waals surface area contributed by atoms with E-state index in [1.54, 1.807) is 0 Å². The van der Waals surface area contributed by atoms with Crippen LogP contribution in [0.5, 0.6) is 0 Å². The largest absolute Gasteiger partial charge is 0.510 e. The van der Waals surface area contributed by atoms with Crippen molar-refractivity contribution in [2.45, 2.75) is 0 Å². The summed E-state index contributed by atoms with van der Waals surface area (Å²) >= 11 is 5.36. The molecule has 0 radical (unpaired) electrons. The summed E-state index contributed by atoms with van der Waals surface area (Å²) in [6.07, 6.45) is 7.35. The van der Waals surface area contributed by atoms with Crippen molar-refractivity contribution in [1.82, 2.24) is 0 Å². The number of rotatable bonds is 1. The smallest absolute Gasteiger partial charge is 0.114 e. The van der Waals surface area contributed by atoms with E-state index in [2.05, 4.69) is 0 Å². The van der Waals surface area contributed by atoms with Gasteiger partial charge in [0, 0.05) is 22.6 Å². The molecule has 1 N–H and O–H groups in total. The van der Waals surface area contributed by atoms with Crippen molar-refractivity contribution in [3.05, 3.63) is 66.0 Å². The summed E-state index contributed by atoms with van der Waals surface area (Å²) in [7, 11) is 0. The molecule has 0 aliphatic heterocycles. The molecule has 0 atom stereocenters. The van der Waals surface area contributed by atoms with Crippen molar-refractivity contribution in [2.75, 3.05) is 5.88 Å². The Bertz CT molecular complexity index is 305. The van der Waals surface area contributed by atoms with E-state index < -0.39 is 0 Å². The van der Waals surface area contributed by atoms with E-state index in [0.717, 1.165) is 5.57 Å². The molecule has 0 aromatic heterocycles. The molecular weight excluding hydrogens is 251 g/mol. The maximum atomic E-state index is 9.00. The van der Waals surface area contributed by atoms with Gasteiger partial charge in [-0.2, -0.15) is 18.2 Å². The van der Waals surface area contributed by atoms with Gasteiger partial charge in [0.25, 0.3) is 0 Å². The van der Waals surface area contributed by atoms with Crippen molar-refractivity contribution in [1.29, 1.82) is 0 Å². The molecule has 1 aliphatic rings. The number of hydrogen-bond donors (Lipinski definition) is 1. The zero-order valence-electron chi connectivity index (χ0n) is 8.08. The second-order valence-electron chi connectivity index (χ2n) is 2.72. The SMILES string of the molecule is OC(CCl)=C1C=CC=C1.[Fe].c1cc[cH-]c1. The summed E-state index contributed by atoms with van der Waals surface area (Å²) < 4.78 is 0. The Balaban J connectivity index is 0.000000280. The molecular formula is C12H12ClFeO-. The van der Waals surface area contributed by atoms with Crippen LogP contribution in [0, 0.1) is 0 Å². The predicted octanol–water partition coefficient (Wildman–Crippen LogP) is 3.57. The molecule has 0 bridgehead atoms. The van der Waals surface area contributed by atoms with Crippen LogP contribution in [0.3, 0.4) is 0 Å². The van der Waals surface area contributed by atoms with Gasteiger partial charge in [-0.05, 0) is 0 Å².